The van der Waals surface area contributed by atoms with Crippen LogP contribution in [0.2, 0.25) is 5.02 Å². The molecule has 1 saturated heterocycles. The number of carbonyl (C=O) groups excluding carboxylic acids is 1. The maximum Gasteiger partial charge on any atom is 0.251 e. The topological polar surface area (TPSA) is 41.6 Å². The lowest BCUT2D eigenvalue weighted by Gasteiger charge is -2.33. The number of hydrogen-bond donors (Lipinski definition) is 1. The number of morpholine rings is 1. The highest BCUT2D eigenvalue weighted by Gasteiger charge is 2.22. The zero-order valence-corrected chi connectivity index (χ0v) is 14.7. The van der Waals surface area contributed by atoms with Crippen molar-refractivity contribution >= 4 is 17.5 Å². The summed E-state index contributed by atoms with van der Waals surface area (Å²) in [5, 5.41) is 2.73. The fourth-order valence-corrected chi connectivity index (χ4v) is 3.11. The van der Waals surface area contributed by atoms with E-state index in [1.165, 1.54) is 6.07 Å². The van der Waals surface area contributed by atoms with Crippen LogP contribution in [0.4, 0.5) is 4.39 Å². The first-order chi connectivity index (χ1) is 12.1. The van der Waals surface area contributed by atoms with E-state index in [9.17, 15) is 9.18 Å². The highest BCUT2D eigenvalue weighted by Crippen LogP contribution is 2.26. The van der Waals surface area contributed by atoms with Gasteiger partial charge in [0, 0.05) is 32.2 Å². The van der Waals surface area contributed by atoms with Crippen LogP contribution >= 0.6 is 11.6 Å². The smallest absolute Gasteiger partial charge is 0.251 e. The van der Waals surface area contributed by atoms with E-state index >= 15 is 0 Å². The number of rotatable bonds is 4. The van der Waals surface area contributed by atoms with E-state index in [-0.39, 0.29) is 17.0 Å². The van der Waals surface area contributed by atoms with Gasteiger partial charge < -0.3 is 10.1 Å². The molecule has 1 aliphatic rings. The van der Waals surface area contributed by atoms with Gasteiger partial charge in [-0.25, -0.2) is 4.39 Å². The highest BCUT2D eigenvalue weighted by molar-refractivity contribution is 6.30. The molecule has 1 unspecified atom stereocenters. The van der Waals surface area contributed by atoms with Gasteiger partial charge in [0.05, 0.1) is 17.7 Å². The molecule has 6 heteroatoms. The molecule has 0 bridgehead atoms. The number of nitrogens with zero attached hydrogens (tertiary/aromatic N) is 1. The molecular weight excluding hydrogens is 343 g/mol. The number of ether oxygens (including phenoxy) is 1. The van der Waals surface area contributed by atoms with Gasteiger partial charge in [-0.1, -0.05) is 29.8 Å². The maximum absolute atomic E-state index is 13.3. The lowest BCUT2D eigenvalue weighted by molar-refractivity contribution is -0.0329. The number of carbonyl (C=O) groups is 1. The molecule has 2 aromatic carbocycles. The molecule has 1 aliphatic heterocycles. The predicted octanol–water partition coefficient (Wildman–Crippen LogP) is 3.41. The minimum absolute atomic E-state index is 0.0915. The molecule has 132 valence electrons. The summed E-state index contributed by atoms with van der Waals surface area (Å²) in [6.45, 7) is 2.90. The van der Waals surface area contributed by atoms with Crippen LogP contribution in [0.15, 0.2) is 42.5 Å². The van der Waals surface area contributed by atoms with E-state index in [2.05, 4.69) is 10.2 Å². The Hall–Kier alpha value is -1.95. The second-order valence-electron chi connectivity index (χ2n) is 6.04. The van der Waals surface area contributed by atoms with Gasteiger partial charge in [0.2, 0.25) is 0 Å². The summed E-state index contributed by atoms with van der Waals surface area (Å²) in [6, 6.07) is 12.3. The molecule has 0 spiro atoms. The lowest BCUT2D eigenvalue weighted by Crippen LogP contribution is -2.37. The Morgan fingerprint density at radius 3 is 2.76 bits per heavy atom. The molecule has 0 aromatic heterocycles. The zero-order chi connectivity index (χ0) is 17.8. The first-order valence-corrected chi connectivity index (χ1v) is 8.54. The summed E-state index contributed by atoms with van der Waals surface area (Å²) in [6.07, 6.45) is -0.128. The molecule has 0 radical (unpaired) electrons. The molecule has 2 aromatic rings. The molecule has 1 fully saturated rings. The van der Waals surface area contributed by atoms with Crippen LogP contribution in [-0.4, -0.2) is 37.6 Å². The standard InChI is InChI=1S/C19H20ClFN2O2/c1-22-19(24)14-4-2-13(3-5-14)11-23-8-9-25-18(12-23)15-6-7-17(21)16(20)10-15/h2-7,10,18H,8-9,11-12H2,1H3,(H,22,24). The van der Waals surface area contributed by atoms with Gasteiger partial charge in [-0.3, -0.25) is 9.69 Å². The Morgan fingerprint density at radius 1 is 1.32 bits per heavy atom. The second-order valence-corrected chi connectivity index (χ2v) is 6.45. The molecule has 3 rings (SSSR count). The van der Waals surface area contributed by atoms with Gasteiger partial charge in [-0.05, 0) is 35.4 Å². The predicted molar refractivity (Wildman–Crippen MR) is 95.2 cm³/mol. The van der Waals surface area contributed by atoms with Crippen LogP contribution in [0.1, 0.15) is 27.6 Å². The Bertz CT molecular complexity index is 752. The average molecular weight is 363 g/mol. The van der Waals surface area contributed by atoms with Crippen molar-refractivity contribution in [1.29, 1.82) is 0 Å². The third kappa shape index (κ3) is 4.37. The first kappa shape index (κ1) is 17.9. The normalized spacial score (nSPS) is 18.1. The summed E-state index contributed by atoms with van der Waals surface area (Å²) < 4.78 is 19.1. The van der Waals surface area contributed by atoms with Crippen molar-refractivity contribution in [3.8, 4) is 0 Å². The van der Waals surface area contributed by atoms with E-state index in [0.717, 1.165) is 24.2 Å². The molecule has 0 saturated carbocycles. The molecule has 25 heavy (non-hydrogen) atoms. The fraction of sp³-hybridized carbons (Fsp3) is 0.316. The van der Waals surface area contributed by atoms with Crippen LogP contribution in [0.3, 0.4) is 0 Å². The Labute approximate surface area is 151 Å². The molecule has 4 nitrogen and oxygen atoms in total. The quantitative estimate of drug-likeness (QED) is 0.906. The second kappa shape index (κ2) is 7.95. The van der Waals surface area contributed by atoms with E-state index in [4.69, 9.17) is 16.3 Å². The summed E-state index contributed by atoms with van der Waals surface area (Å²) in [5.74, 6) is -0.513. The van der Waals surface area contributed by atoms with Crippen molar-refractivity contribution in [2.75, 3.05) is 26.7 Å². The van der Waals surface area contributed by atoms with Gasteiger partial charge in [0.25, 0.3) is 5.91 Å². The number of halogens is 2. The van der Waals surface area contributed by atoms with Crippen molar-refractivity contribution in [3.63, 3.8) is 0 Å². The van der Waals surface area contributed by atoms with Crippen molar-refractivity contribution < 1.29 is 13.9 Å². The SMILES string of the molecule is CNC(=O)c1ccc(CN2CCOC(c3ccc(F)c(Cl)c3)C2)cc1. The Kier molecular flexibility index (Phi) is 5.68. The Morgan fingerprint density at radius 2 is 2.08 bits per heavy atom. The summed E-state index contributed by atoms with van der Waals surface area (Å²) in [5.41, 5.74) is 2.66. The molecule has 1 amide bonds. The number of amides is 1. The van der Waals surface area contributed by atoms with Gasteiger partial charge in [-0.2, -0.15) is 0 Å². The molecule has 1 N–H and O–H groups in total. The van der Waals surface area contributed by atoms with Gasteiger partial charge >= 0.3 is 0 Å². The fourth-order valence-electron chi connectivity index (χ4n) is 2.92. The number of nitrogens with one attached hydrogen (secondary N) is 1. The maximum atomic E-state index is 13.3. The largest absolute Gasteiger partial charge is 0.371 e. The van der Waals surface area contributed by atoms with E-state index in [1.807, 2.05) is 24.3 Å². The van der Waals surface area contributed by atoms with Crippen molar-refractivity contribution in [3.05, 3.63) is 70.0 Å². The van der Waals surface area contributed by atoms with Crippen LogP contribution in [-0.2, 0) is 11.3 Å². The zero-order valence-electron chi connectivity index (χ0n) is 14.0. The third-order valence-electron chi connectivity index (χ3n) is 4.32. The van der Waals surface area contributed by atoms with E-state index in [1.54, 1.807) is 19.2 Å². The Balaban J connectivity index is 1.65. The van der Waals surface area contributed by atoms with Crippen molar-refractivity contribution in [2.24, 2.45) is 0 Å². The average Bonchev–Trinajstić information content (AvgIpc) is 2.64. The van der Waals surface area contributed by atoms with Gasteiger partial charge in [0.1, 0.15) is 5.82 Å². The summed E-state index contributed by atoms with van der Waals surface area (Å²) >= 11 is 5.87. The highest BCUT2D eigenvalue weighted by atomic mass is 35.5. The monoisotopic (exact) mass is 362 g/mol. The number of hydrogen-bond acceptors (Lipinski definition) is 3. The molecule has 1 atom stereocenters. The molecule has 1 heterocycles. The van der Waals surface area contributed by atoms with Gasteiger partial charge in [-0.15, -0.1) is 0 Å². The lowest BCUT2D eigenvalue weighted by atomic mass is 10.1. The third-order valence-corrected chi connectivity index (χ3v) is 4.61. The summed E-state index contributed by atoms with van der Waals surface area (Å²) in [4.78, 5) is 13.9. The summed E-state index contributed by atoms with van der Waals surface area (Å²) in [7, 11) is 1.62. The van der Waals surface area contributed by atoms with Crippen LogP contribution < -0.4 is 5.32 Å². The minimum atomic E-state index is -0.422. The van der Waals surface area contributed by atoms with E-state index in [0.29, 0.717) is 18.7 Å². The van der Waals surface area contributed by atoms with Crippen molar-refractivity contribution in [1.82, 2.24) is 10.2 Å². The minimum Gasteiger partial charge on any atom is -0.371 e. The van der Waals surface area contributed by atoms with E-state index < -0.39 is 5.82 Å². The van der Waals surface area contributed by atoms with Crippen LogP contribution in [0.25, 0.3) is 0 Å². The van der Waals surface area contributed by atoms with Gasteiger partial charge in [0.15, 0.2) is 0 Å². The van der Waals surface area contributed by atoms with Crippen LogP contribution in [0, 0.1) is 5.82 Å². The first-order valence-electron chi connectivity index (χ1n) is 8.17. The van der Waals surface area contributed by atoms with Crippen molar-refractivity contribution in [2.45, 2.75) is 12.6 Å². The molecule has 0 aliphatic carbocycles. The number of benzene rings is 2. The molecular formula is C19H20ClFN2O2. The van der Waals surface area contributed by atoms with Crippen LogP contribution in [0.5, 0.6) is 0 Å².